The van der Waals surface area contributed by atoms with Gasteiger partial charge < -0.3 is 15.5 Å². The summed E-state index contributed by atoms with van der Waals surface area (Å²) in [6.45, 7) is 5.79. The van der Waals surface area contributed by atoms with Gasteiger partial charge in [0.15, 0.2) is 11.4 Å². The molecule has 0 saturated carbocycles. The third-order valence-electron chi connectivity index (χ3n) is 3.77. The predicted molar refractivity (Wildman–Crippen MR) is 87.6 cm³/mol. The maximum atomic E-state index is 13.0. The summed E-state index contributed by atoms with van der Waals surface area (Å²) in [7, 11) is 0. The van der Waals surface area contributed by atoms with E-state index in [9.17, 15) is 14.3 Å². The number of nitrogens with zero attached hydrogens (tertiary/aromatic N) is 2. The van der Waals surface area contributed by atoms with Crippen LogP contribution < -0.4 is 5.32 Å². The van der Waals surface area contributed by atoms with Crippen LogP contribution in [-0.2, 0) is 0 Å². The number of nitrogens with one attached hydrogen (secondary N) is 1. The molecule has 1 unspecified atom stereocenters. The quantitative estimate of drug-likeness (QED) is 0.782. The van der Waals surface area contributed by atoms with Crippen molar-refractivity contribution in [2.75, 3.05) is 6.61 Å². The fourth-order valence-electron chi connectivity index (χ4n) is 2.33. The van der Waals surface area contributed by atoms with Crippen LogP contribution in [0, 0.1) is 11.2 Å². The van der Waals surface area contributed by atoms with Crippen LogP contribution in [0.3, 0.4) is 0 Å². The van der Waals surface area contributed by atoms with Gasteiger partial charge in [0.05, 0.1) is 11.9 Å². The van der Waals surface area contributed by atoms with Crippen LogP contribution >= 0.6 is 0 Å². The second kappa shape index (κ2) is 7.00. The summed E-state index contributed by atoms with van der Waals surface area (Å²) in [5, 5.41) is 26.0. The van der Waals surface area contributed by atoms with Crippen molar-refractivity contribution in [3.8, 4) is 11.4 Å². The molecule has 0 aliphatic heterocycles. The molecular formula is C17H22FN3O3. The normalized spacial score (nSPS) is 12.9. The first-order valence-electron chi connectivity index (χ1n) is 7.68. The Bertz CT molecular complexity index is 705. The van der Waals surface area contributed by atoms with E-state index in [1.807, 2.05) is 20.8 Å². The second-order valence-corrected chi connectivity index (χ2v) is 6.69. The molecule has 130 valence electrons. The zero-order chi connectivity index (χ0) is 17.9. The van der Waals surface area contributed by atoms with E-state index in [2.05, 4.69) is 10.4 Å². The average Bonchev–Trinajstić information content (AvgIpc) is 2.88. The van der Waals surface area contributed by atoms with Crippen molar-refractivity contribution in [3.05, 3.63) is 42.0 Å². The minimum Gasteiger partial charge on any atom is -0.504 e. The van der Waals surface area contributed by atoms with Crippen LogP contribution in [0.25, 0.3) is 5.69 Å². The van der Waals surface area contributed by atoms with Crippen molar-refractivity contribution >= 4 is 5.91 Å². The van der Waals surface area contributed by atoms with Crippen LogP contribution in [0.2, 0.25) is 0 Å². The van der Waals surface area contributed by atoms with Gasteiger partial charge in [-0.3, -0.25) is 4.79 Å². The molecule has 1 aromatic carbocycles. The Morgan fingerprint density at radius 2 is 1.96 bits per heavy atom. The van der Waals surface area contributed by atoms with E-state index in [1.54, 1.807) is 0 Å². The predicted octanol–water partition coefficient (Wildman–Crippen LogP) is 2.24. The summed E-state index contributed by atoms with van der Waals surface area (Å²) in [4.78, 5) is 12.4. The van der Waals surface area contributed by atoms with E-state index in [0.29, 0.717) is 12.1 Å². The zero-order valence-electron chi connectivity index (χ0n) is 14.0. The summed E-state index contributed by atoms with van der Waals surface area (Å²) >= 11 is 0. The van der Waals surface area contributed by atoms with Crippen molar-refractivity contribution in [2.45, 2.75) is 33.2 Å². The number of aromatic nitrogens is 2. The zero-order valence-corrected chi connectivity index (χ0v) is 14.0. The van der Waals surface area contributed by atoms with Crippen molar-refractivity contribution in [2.24, 2.45) is 5.41 Å². The third kappa shape index (κ3) is 4.11. The topological polar surface area (TPSA) is 87.4 Å². The number of rotatable bonds is 5. The minimum atomic E-state index is -0.526. The molecule has 1 heterocycles. The Kier molecular flexibility index (Phi) is 5.23. The first kappa shape index (κ1) is 17.9. The van der Waals surface area contributed by atoms with Gasteiger partial charge >= 0.3 is 0 Å². The average molecular weight is 335 g/mol. The maximum Gasteiger partial charge on any atom is 0.275 e. The number of aliphatic hydroxyl groups is 1. The summed E-state index contributed by atoms with van der Waals surface area (Å²) < 4.78 is 14.3. The highest BCUT2D eigenvalue weighted by molar-refractivity contribution is 5.95. The van der Waals surface area contributed by atoms with Gasteiger partial charge in [-0.15, -0.1) is 0 Å². The Morgan fingerprint density at radius 3 is 2.50 bits per heavy atom. The molecule has 0 aliphatic rings. The number of halogens is 1. The molecule has 0 aliphatic carbocycles. The van der Waals surface area contributed by atoms with Gasteiger partial charge in [0.2, 0.25) is 0 Å². The number of hydrogen-bond donors (Lipinski definition) is 3. The van der Waals surface area contributed by atoms with Crippen LogP contribution in [-0.4, -0.2) is 38.5 Å². The van der Waals surface area contributed by atoms with Gasteiger partial charge in [0.25, 0.3) is 5.91 Å². The van der Waals surface area contributed by atoms with Crippen molar-refractivity contribution in [1.29, 1.82) is 0 Å². The third-order valence-corrected chi connectivity index (χ3v) is 3.77. The number of aromatic hydroxyl groups is 1. The van der Waals surface area contributed by atoms with Crippen molar-refractivity contribution in [3.63, 3.8) is 0 Å². The van der Waals surface area contributed by atoms with E-state index < -0.39 is 5.91 Å². The van der Waals surface area contributed by atoms with Gasteiger partial charge in [0, 0.05) is 12.6 Å². The molecule has 7 heteroatoms. The molecular weight excluding hydrogens is 313 g/mol. The van der Waals surface area contributed by atoms with Crippen molar-refractivity contribution in [1.82, 2.24) is 15.1 Å². The van der Waals surface area contributed by atoms with Gasteiger partial charge in [-0.05, 0) is 36.1 Å². The molecule has 1 aromatic heterocycles. The Hall–Kier alpha value is -2.41. The summed E-state index contributed by atoms with van der Waals surface area (Å²) in [5.41, 5.74) is 0.146. The molecule has 3 N–H and O–H groups in total. The van der Waals surface area contributed by atoms with E-state index in [0.717, 1.165) is 0 Å². The molecule has 0 radical (unpaired) electrons. The van der Waals surface area contributed by atoms with Crippen LogP contribution in [0.4, 0.5) is 4.39 Å². The Labute approximate surface area is 139 Å². The highest BCUT2D eigenvalue weighted by Gasteiger charge is 2.28. The lowest BCUT2D eigenvalue weighted by Crippen LogP contribution is -2.44. The lowest BCUT2D eigenvalue weighted by Gasteiger charge is -2.30. The van der Waals surface area contributed by atoms with Crippen LogP contribution in [0.1, 0.15) is 37.7 Å². The molecule has 6 nitrogen and oxygen atoms in total. The Morgan fingerprint density at radius 1 is 1.33 bits per heavy atom. The molecule has 2 rings (SSSR count). The van der Waals surface area contributed by atoms with Gasteiger partial charge in [-0.25, -0.2) is 9.07 Å². The fourth-order valence-corrected chi connectivity index (χ4v) is 2.33. The van der Waals surface area contributed by atoms with E-state index >= 15 is 0 Å². The SMILES string of the molecule is CC(C)(C)C(CCO)NC(=O)c1nn(-c2ccc(F)cc2)cc1O. The standard InChI is InChI=1S/C17H22FN3O3/c1-17(2,3)14(8-9-22)19-16(24)15-13(23)10-21(20-15)12-6-4-11(18)5-7-12/h4-7,10,14,22-23H,8-9H2,1-3H3,(H,19,24). The smallest absolute Gasteiger partial charge is 0.275 e. The van der Waals surface area contributed by atoms with E-state index in [-0.39, 0.29) is 35.3 Å². The number of aliphatic hydroxyl groups excluding tert-OH is 1. The second-order valence-electron chi connectivity index (χ2n) is 6.69. The molecule has 2 aromatic rings. The highest BCUT2D eigenvalue weighted by Crippen LogP contribution is 2.23. The Balaban J connectivity index is 2.22. The van der Waals surface area contributed by atoms with Gasteiger partial charge in [-0.1, -0.05) is 20.8 Å². The maximum absolute atomic E-state index is 13.0. The van der Waals surface area contributed by atoms with E-state index in [1.165, 1.54) is 35.1 Å². The summed E-state index contributed by atoms with van der Waals surface area (Å²) in [5.74, 6) is -1.18. The number of amides is 1. The first-order chi connectivity index (χ1) is 11.2. The molecule has 0 saturated heterocycles. The molecule has 24 heavy (non-hydrogen) atoms. The lowest BCUT2D eigenvalue weighted by molar-refractivity contribution is 0.0877. The highest BCUT2D eigenvalue weighted by atomic mass is 19.1. The van der Waals surface area contributed by atoms with Crippen molar-refractivity contribution < 1.29 is 19.4 Å². The minimum absolute atomic E-state index is 0.0573. The van der Waals surface area contributed by atoms with Gasteiger partial charge in [-0.2, -0.15) is 5.10 Å². The number of carbonyl (C=O) groups excluding carboxylic acids is 1. The molecule has 0 fully saturated rings. The monoisotopic (exact) mass is 335 g/mol. The fraction of sp³-hybridized carbons (Fsp3) is 0.412. The largest absolute Gasteiger partial charge is 0.504 e. The lowest BCUT2D eigenvalue weighted by atomic mass is 9.85. The number of hydrogen-bond acceptors (Lipinski definition) is 4. The number of carbonyl (C=O) groups is 1. The molecule has 1 amide bonds. The first-order valence-corrected chi connectivity index (χ1v) is 7.68. The number of benzene rings is 1. The molecule has 1 atom stereocenters. The molecule has 0 spiro atoms. The van der Waals surface area contributed by atoms with Gasteiger partial charge in [0.1, 0.15) is 5.82 Å². The van der Waals surface area contributed by atoms with Crippen LogP contribution in [0.15, 0.2) is 30.5 Å². The van der Waals surface area contributed by atoms with E-state index in [4.69, 9.17) is 5.11 Å². The summed E-state index contributed by atoms with van der Waals surface area (Å²) in [6.07, 6.45) is 1.69. The van der Waals surface area contributed by atoms with Crippen LogP contribution in [0.5, 0.6) is 5.75 Å². The molecule has 0 bridgehead atoms. The summed E-state index contributed by atoms with van der Waals surface area (Å²) in [6, 6.07) is 5.25.